The van der Waals surface area contributed by atoms with Gasteiger partial charge in [0.2, 0.25) is 0 Å². The van der Waals surface area contributed by atoms with Crippen molar-refractivity contribution >= 4 is 0 Å². The molecule has 0 amide bonds. The molecule has 0 aliphatic carbocycles. The number of hydrogen-bond acceptors (Lipinski definition) is 0. The topological polar surface area (TPSA) is 0 Å². The SMILES string of the molecule is CC(C)C.Cc1ccc(C(C)C)cc1.[CH3-].[CH3-].[Ru+2]. The standard InChI is InChI=1S/C10H14.C4H10.2CH3.Ru/c1-8(2)10-6-4-9(3)5-7-10;1-4(2)3;;;/h4-8H,1-3H3;4H,1-3H3;2*1H3;/q;;2*-1;+2. The first kappa shape index (κ1) is 25.6. The molecule has 0 unspecified atom stereocenters. The van der Waals surface area contributed by atoms with Crippen LogP contribution in [0.3, 0.4) is 0 Å². The van der Waals surface area contributed by atoms with E-state index in [4.69, 9.17) is 0 Å². The van der Waals surface area contributed by atoms with Gasteiger partial charge in [-0.25, -0.2) is 0 Å². The third-order valence-corrected chi connectivity index (χ3v) is 1.74. The molecule has 0 nitrogen and oxygen atoms in total. The van der Waals surface area contributed by atoms with Crippen molar-refractivity contribution in [3.63, 3.8) is 0 Å². The molecule has 0 heterocycles. The molecular formula is C16H30Ru. The van der Waals surface area contributed by atoms with Crippen LogP contribution in [0.4, 0.5) is 0 Å². The molecule has 1 aromatic carbocycles. The monoisotopic (exact) mass is 324 g/mol. The van der Waals surface area contributed by atoms with E-state index in [9.17, 15) is 0 Å². The first-order valence-corrected chi connectivity index (χ1v) is 5.50. The van der Waals surface area contributed by atoms with Crippen LogP contribution in [0.5, 0.6) is 0 Å². The molecule has 0 spiro atoms. The van der Waals surface area contributed by atoms with Crippen molar-refractivity contribution in [3.8, 4) is 0 Å². The summed E-state index contributed by atoms with van der Waals surface area (Å²) >= 11 is 0. The van der Waals surface area contributed by atoms with E-state index < -0.39 is 0 Å². The van der Waals surface area contributed by atoms with Crippen molar-refractivity contribution in [2.45, 2.75) is 47.5 Å². The molecule has 0 aliphatic rings. The van der Waals surface area contributed by atoms with Crippen molar-refractivity contribution in [2.75, 3.05) is 0 Å². The van der Waals surface area contributed by atoms with Gasteiger partial charge < -0.3 is 14.9 Å². The predicted octanol–water partition coefficient (Wildman–Crippen LogP) is 5.68. The molecule has 0 bridgehead atoms. The summed E-state index contributed by atoms with van der Waals surface area (Å²) in [5.74, 6) is 1.49. The summed E-state index contributed by atoms with van der Waals surface area (Å²) in [6.07, 6.45) is 0. The molecule has 102 valence electrons. The van der Waals surface area contributed by atoms with E-state index in [1.54, 1.807) is 0 Å². The third kappa shape index (κ3) is 15.8. The molecular weight excluding hydrogens is 293 g/mol. The van der Waals surface area contributed by atoms with Gasteiger partial charge in [-0.3, -0.25) is 0 Å². The maximum absolute atomic E-state index is 2.21. The maximum atomic E-state index is 2.21. The third-order valence-electron chi connectivity index (χ3n) is 1.74. The summed E-state index contributed by atoms with van der Waals surface area (Å²) in [5.41, 5.74) is 2.76. The van der Waals surface area contributed by atoms with E-state index in [2.05, 4.69) is 65.8 Å². The first-order chi connectivity index (χ1) is 6.43. The fourth-order valence-electron chi connectivity index (χ4n) is 0.951. The van der Waals surface area contributed by atoms with Gasteiger partial charge in [-0.2, -0.15) is 0 Å². The van der Waals surface area contributed by atoms with Gasteiger partial charge in [-0.15, -0.1) is 0 Å². The quantitative estimate of drug-likeness (QED) is 0.461. The van der Waals surface area contributed by atoms with Gasteiger partial charge in [0, 0.05) is 0 Å². The Hall–Kier alpha value is -0.157. The van der Waals surface area contributed by atoms with Crippen LogP contribution in [0.15, 0.2) is 24.3 Å². The minimum absolute atomic E-state index is 0. The van der Waals surface area contributed by atoms with Gasteiger partial charge in [0.25, 0.3) is 0 Å². The van der Waals surface area contributed by atoms with E-state index in [-0.39, 0.29) is 34.3 Å². The van der Waals surface area contributed by atoms with E-state index in [0.29, 0.717) is 5.92 Å². The Morgan fingerprint density at radius 3 is 1.29 bits per heavy atom. The van der Waals surface area contributed by atoms with Crippen molar-refractivity contribution < 1.29 is 19.5 Å². The molecule has 0 aromatic heterocycles. The zero-order valence-electron chi connectivity index (χ0n) is 12.8. The molecule has 0 atom stereocenters. The van der Waals surface area contributed by atoms with Gasteiger partial charge in [-0.1, -0.05) is 64.4 Å². The first-order valence-electron chi connectivity index (χ1n) is 5.50. The average molecular weight is 323 g/mol. The maximum Gasteiger partial charge on any atom is 2.00 e. The van der Waals surface area contributed by atoms with Gasteiger partial charge in [-0.05, 0) is 24.3 Å². The van der Waals surface area contributed by atoms with E-state index in [1.807, 2.05) is 0 Å². The van der Waals surface area contributed by atoms with Crippen molar-refractivity contribution in [2.24, 2.45) is 5.92 Å². The van der Waals surface area contributed by atoms with E-state index in [1.165, 1.54) is 11.1 Å². The van der Waals surface area contributed by atoms with Crippen LogP contribution in [-0.4, -0.2) is 0 Å². The second kappa shape index (κ2) is 13.9. The van der Waals surface area contributed by atoms with E-state index in [0.717, 1.165) is 5.92 Å². The number of aryl methyl sites for hydroxylation is 1. The van der Waals surface area contributed by atoms with Crippen LogP contribution in [-0.2, 0) is 19.5 Å². The molecule has 1 heteroatoms. The smallest absolute Gasteiger partial charge is 0.358 e. The predicted molar refractivity (Wildman–Crippen MR) is 78.6 cm³/mol. The van der Waals surface area contributed by atoms with Gasteiger partial charge in [0.05, 0.1) is 0 Å². The molecule has 0 fully saturated rings. The molecule has 0 aliphatic heterocycles. The largest absolute Gasteiger partial charge is 2.00 e. The summed E-state index contributed by atoms with van der Waals surface area (Å²) < 4.78 is 0. The van der Waals surface area contributed by atoms with Crippen molar-refractivity contribution in [3.05, 3.63) is 50.2 Å². The number of hydrogen-bond donors (Lipinski definition) is 0. The Balaban J connectivity index is -0.000000108. The molecule has 0 saturated heterocycles. The number of rotatable bonds is 1. The summed E-state index contributed by atoms with van der Waals surface area (Å²) in [6.45, 7) is 13.0. The summed E-state index contributed by atoms with van der Waals surface area (Å²) in [7, 11) is 0. The fourth-order valence-corrected chi connectivity index (χ4v) is 0.951. The summed E-state index contributed by atoms with van der Waals surface area (Å²) in [5, 5.41) is 0. The second-order valence-electron chi connectivity index (χ2n) is 4.80. The second-order valence-corrected chi connectivity index (χ2v) is 4.80. The summed E-state index contributed by atoms with van der Waals surface area (Å²) in [4.78, 5) is 0. The Morgan fingerprint density at radius 2 is 1.06 bits per heavy atom. The van der Waals surface area contributed by atoms with Crippen LogP contribution in [0, 0.1) is 27.7 Å². The van der Waals surface area contributed by atoms with Crippen LogP contribution in [0.2, 0.25) is 0 Å². The fraction of sp³-hybridized carbons (Fsp3) is 0.500. The average Bonchev–Trinajstić information content (AvgIpc) is 2.03. The Labute approximate surface area is 123 Å². The normalized spacial score (nSPS) is 8.24. The molecule has 0 N–H and O–H groups in total. The molecule has 1 aromatic rings. The molecule has 17 heavy (non-hydrogen) atoms. The Morgan fingerprint density at radius 1 is 0.765 bits per heavy atom. The van der Waals surface area contributed by atoms with E-state index >= 15 is 0 Å². The molecule has 0 saturated carbocycles. The minimum atomic E-state index is 0. The van der Waals surface area contributed by atoms with Crippen LogP contribution in [0.25, 0.3) is 0 Å². The van der Waals surface area contributed by atoms with Crippen LogP contribution in [0.1, 0.15) is 51.7 Å². The van der Waals surface area contributed by atoms with Crippen molar-refractivity contribution in [1.82, 2.24) is 0 Å². The Kier molecular flexibility index (Phi) is 21.0. The van der Waals surface area contributed by atoms with Crippen molar-refractivity contribution in [1.29, 1.82) is 0 Å². The zero-order chi connectivity index (χ0) is 11.1. The van der Waals surface area contributed by atoms with Crippen LogP contribution < -0.4 is 0 Å². The van der Waals surface area contributed by atoms with Gasteiger partial charge in [0.15, 0.2) is 0 Å². The van der Waals surface area contributed by atoms with Gasteiger partial charge >= 0.3 is 19.5 Å². The number of benzene rings is 1. The Bertz CT molecular complexity index is 231. The molecule has 0 radical (unpaired) electrons. The zero-order valence-corrected chi connectivity index (χ0v) is 14.6. The van der Waals surface area contributed by atoms with Crippen LogP contribution >= 0.6 is 0 Å². The summed E-state index contributed by atoms with van der Waals surface area (Å²) in [6, 6.07) is 8.71. The van der Waals surface area contributed by atoms with Gasteiger partial charge in [0.1, 0.15) is 0 Å². The minimum Gasteiger partial charge on any atom is -0.358 e. The molecule has 1 rings (SSSR count).